The number of carbonyl (C=O) groups excluding carboxylic acids is 1. The van der Waals surface area contributed by atoms with Crippen LogP contribution in [0.15, 0.2) is 0 Å². The van der Waals surface area contributed by atoms with Crippen LogP contribution in [-0.4, -0.2) is 49.2 Å². The molecule has 1 N–H and O–H groups in total. The van der Waals surface area contributed by atoms with E-state index in [0.29, 0.717) is 26.2 Å². The number of hydrogen-bond acceptors (Lipinski definition) is 5. The minimum atomic E-state index is -2.00. The van der Waals surface area contributed by atoms with Crippen molar-refractivity contribution in [3.8, 4) is 0 Å². The van der Waals surface area contributed by atoms with Crippen LogP contribution in [0.25, 0.3) is 0 Å². The number of nitrogens with one attached hydrogen (secondary N) is 1. The van der Waals surface area contributed by atoms with Gasteiger partial charge in [-0.15, -0.1) is 0 Å². The first-order valence-electron chi connectivity index (χ1n) is 9.61. The van der Waals surface area contributed by atoms with Crippen LogP contribution in [0, 0.1) is 0 Å². The SMILES string of the molecule is CCO[Si](C)(CCCNCCC(=O)O[Si](CC)(CC)CC)OCC. The highest BCUT2D eigenvalue weighted by Gasteiger charge is 2.32. The Hall–Kier alpha value is -0.216. The van der Waals surface area contributed by atoms with Crippen molar-refractivity contribution < 1.29 is 18.1 Å². The summed E-state index contributed by atoms with van der Waals surface area (Å²) in [7, 11) is -3.81. The Morgan fingerprint density at radius 3 is 1.92 bits per heavy atom. The third-order valence-corrected chi connectivity index (χ3v) is 12.2. The molecule has 0 heterocycles. The van der Waals surface area contributed by atoms with Crippen LogP contribution in [0.5, 0.6) is 0 Å². The van der Waals surface area contributed by atoms with E-state index in [0.717, 1.165) is 37.1 Å². The second-order valence-electron chi connectivity index (χ2n) is 6.32. The van der Waals surface area contributed by atoms with Gasteiger partial charge in [-0.25, -0.2) is 0 Å². The van der Waals surface area contributed by atoms with Gasteiger partial charge < -0.3 is 18.6 Å². The Bertz CT molecular complexity index is 324. The van der Waals surface area contributed by atoms with Gasteiger partial charge in [0, 0.05) is 19.8 Å². The van der Waals surface area contributed by atoms with Gasteiger partial charge >= 0.3 is 8.56 Å². The maximum absolute atomic E-state index is 12.0. The molecule has 144 valence electrons. The largest absolute Gasteiger partial charge is 0.519 e. The van der Waals surface area contributed by atoms with Crippen molar-refractivity contribution >= 4 is 22.8 Å². The van der Waals surface area contributed by atoms with Crippen molar-refractivity contribution in [1.29, 1.82) is 0 Å². The van der Waals surface area contributed by atoms with Gasteiger partial charge in [0.15, 0.2) is 0 Å². The third-order valence-electron chi connectivity index (χ3n) is 4.65. The number of rotatable bonds is 15. The van der Waals surface area contributed by atoms with Gasteiger partial charge in [0.2, 0.25) is 0 Å². The smallest absolute Gasteiger partial charge is 0.334 e. The van der Waals surface area contributed by atoms with Crippen LogP contribution < -0.4 is 5.32 Å². The molecule has 7 heteroatoms. The molecule has 0 rings (SSSR count). The van der Waals surface area contributed by atoms with Crippen LogP contribution in [0.1, 0.15) is 47.5 Å². The van der Waals surface area contributed by atoms with Gasteiger partial charge in [0.05, 0.1) is 6.42 Å². The Kier molecular flexibility index (Phi) is 12.9. The molecular weight excluding hydrogens is 338 g/mol. The lowest BCUT2D eigenvalue weighted by molar-refractivity contribution is -0.135. The van der Waals surface area contributed by atoms with Gasteiger partial charge in [-0.2, -0.15) is 0 Å². The Labute approximate surface area is 151 Å². The van der Waals surface area contributed by atoms with E-state index in [1.165, 1.54) is 0 Å². The molecule has 0 bridgehead atoms. The van der Waals surface area contributed by atoms with Crippen molar-refractivity contribution in [3.63, 3.8) is 0 Å². The molecular formula is C17H39NO4Si2. The third kappa shape index (κ3) is 9.31. The van der Waals surface area contributed by atoms with Gasteiger partial charge in [-0.3, -0.25) is 4.79 Å². The lowest BCUT2D eigenvalue weighted by Gasteiger charge is -2.27. The fourth-order valence-electron chi connectivity index (χ4n) is 2.91. The molecule has 0 unspecified atom stereocenters. The molecule has 5 nitrogen and oxygen atoms in total. The average Bonchev–Trinajstić information content (AvgIpc) is 2.56. The summed E-state index contributed by atoms with van der Waals surface area (Å²) in [6, 6.07) is 4.01. The molecule has 0 aliphatic heterocycles. The first kappa shape index (κ1) is 23.8. The monoisotopic (exact) mass is 377 g/mol. The van der Waals surface area contributed by atoms with Crippen LogP contribution in [-0.2, 0) is 18.1 Å². The first-order valence-corrected chi connectivity index (χ1v) is 14.7. The molecule has 0 aromatic rings. The fraction of sp³-hybridized carbons (Fsp3) is 0.941. The lowest BCUT2D eigenvalue weighted by Crippen LogP contribution is -2.39. The molecule has 0 fully saturated rings. The van der Waals surface area contributed by atoms with Crippen molar-refractivity contribution in [2.45, 2.75) is 78.2 Å². The van der Waals surface area contributed by atoms with Gasteiger partial charge in [0.25, 0.3) is 14.3 Å². The fourth-order valence-corrected chi connectivity index (χ4v) is 7.84. The summed E-state index contributed by atoms with van der Waals surface area (Å²) >= 11 is 0. The van der Waals surface area contributed by atoms with Crippen LogP contribution in [0.3, 0.4) is 0 Å². The molecule has 0 aromatic carbocycles. The highest BCUT2D eigenvalue weighted by molar-refractivity contribution is 6.74. The van der Waals surface area contributed by atoms with Crippen molar-refractivity contribution in [3.05, 3.63) is 0 Å². The highest BCUT2D eigenvalue weighted by atomic mass is 28.4. The molecule has 0 spiro atoms. The summed E-state index contributed by atoms with van der Waals surface area (Å²) in [5, 5.41) is 3.34. The van der Waals surface area contributed by atoms with E-state index in [9.17, 15) is 4.79 Å². The normalized spacial score (nSPS) is 12.4. The minimum Gasteiger partial charge on any atom is -0.519 e. The van der Waals surface area contributed by atoms with E-state index in [-0.39, 0.29) is 5.97 Å². The molecule has 0 aliphatic rings. The molecule has 0 atom stereocenters. The minimum absolute atomic E-state index is 0.0393. The maximum Gasteiger partial charge on any atom is 0.334 e. The number of carbonyl (C=O) groups is 1. The van der Waals surface area contributed by atoms with Gasteiger partial charge in [-0.05, 0) is 57.5 Å². The Balaban J connectivity index is 3.95. The zero-order valence-corrected chi connectivity index (χ0v) is 18.7. The highest BCUT2D eigenvalue weighted by Crippen LogP contribution is 2.22. The Morgan fingerprint density at radius 2 is 1.46 bits per heavy atom. The summed E-state index contributed by atoms with van der Waals surface area (Å²) < 4.78 is 17.5. The van der Waals surface area contributed by atoms with E-state index in [2.05, 4.69) is 32.6 Å². The van der Waals surface area contributed by atoms with E-state index in [1.807, 2.05) is 13.8 Å². The zero-order valence-electron chi connectivity index (χ0n) is 16.7. The Morgan fingerprint density at radius 1 is 0.917 bits per heavy atom. The van der Waals surface area contributed by atoms with Crippen molar-refractivity contribution in [1.82, 2.24) is 5.32 Å². The predicted molar refractivity (Wildman–Crippen MR) is 105 cm³/mol. The second-order valence-corrected chi connectivity index (χ2v) is 14.4. The molecule has 0 aromatic heterocycles. The average molecular weight is 378 g/mol. The molecule has 0 radical (unpaired) electrons. The zero-order chi connectivity index (χ0) is 18.5. The topological polar surface area (TPSA) is 56.8 Å². The summed E-state index contributed by atoms with van der Waals surface area (Å²) in [6.45, 7) is 15.6. The summed E-state index contributed by atoms with van der Waals surface area (Å²) in [4.78, 5) is 12.0. The quantitative estimate of drug-likeness (QED) is 0.345. The maximum atomic E-state index is 12.0. The van der Waals surface area contributed by atoms with Gasteiger partial charge in [-0.1, -0.05) is 20.8 Å². The summed E-state index contributed by atoms with van der Waals surface area (Å²) in [5.41, 5.74) is 0. The summed E-state index contributed by atoms with van der Waals surface area (Å²) in [5.74, 6) is -0.0393. The van der Waals surface area contributed by atoms with E-state index < -0.39 is 16.9 Å². The molecule has 24 heavy (non-hydrogen) atoms. The van der Waals surface area contributed by atoms with E-state index in [1.54, 1.807) is 0 Å². The molecule has 0 saturated heterocycles. The van der Waals surface area contributed by atoms with Crippen LogP contribution >= 0.6 is 0 Å². The molecule has 0 amide bonds. The lowest BCUT2D eigenvalue weighted by atomic mass is 10.4. The van der Waals surface area contributed by atoms with E-state index >= 15 is 0 Å². The first-order chi connectivity index (χ1) is 11.4. The van der Waals surface area contributed by atoms with Crippen molar-refractivity contribution in [2.24, 2.45) is 0 Å². The number of hydrogen-bond donors (Lipinski definition) is 1. The van der Waals surface area contributed by atoms with Gasteiger partial charge in [0.1, 0.15) is 0 Å². The van der Waals surface area contributed by atoms with Crippen LogP contribution in [0.2, 0.25) is 30.7 Å². The van der Waals surface area contributed by atoms with Crippen LogP contribution in [0.4, 0.5) is 0 Å². The summed E-state index contributed by atoms with van der Waals surface area (Å²) in [6.07, 6.45) is 1.47. The predicted octanol–water partition coefficient (Wildman–Crippen LogP) is 4.05. The molecule has 0 saturated carbocycles. The second kappa shape index (κ2) is 13.0. The van der Waals surface area contributed by atoms with E-state index in [4.69, 9.17) is 13.3 Å². The van der Waals surface area contributed by atoms with Crippen molar-refractivity contribution in [2.75, 3.05) is 26.3 Å². The molecule has 0 aliphatic carbocycles. The standard InChI is InChI=1S/C17H39NO4Si2/c1-7-20-23(6,21-8-2)16-12-14-18-15-13-17(19)22-24(9-3,10-4)11-5/h18H,7-16H2,1-6H3.